The van der Waals surface area contributed by atoms with Gasteiger partial charge in [-0.2, -0.15) is 0 Å². The number of hydrogen-bond donors (Lipinski definition) is 3. The monoisotopic (exact) mass is 275 g/mol. The Morgan fingerprint density at radius 1 is 1.00 bits per heavy atom. The minimum absolute atomic E-state index is 0.0384. The number of aromatic nitrogens is 3. The number of hydrogen-bond acceptors (Lipinski definition) is 5. The summed E-state index contributed by atoms with van der Waals surface area (Å²) in [5.41, 5.74) is 1.99. The van der Waals surface area contributed by atoms with Crippen LogP contribution in [-0.2, 0) is 0 Å². The van der Waals surface area contributed by atoms with E-state index in [1.807, 2.05) is 24.3 Å². The van der Waals surface area contributed by atoms with Crippen molar-refractivity contribution in [2.75, 3.05) is 0 Å². The smallest absolute Gasteiger partial charge is 0.156 e. The molecule has 0 fully saturated rings. The summed E-state index contributed by atoms with van der Waals surface area (Å²) in [4.78, 5) is 2.52. The largest absolute Gasteiger partial charge is 0.505 e. The lowest BCUT2D eigenvalue weighted by Gasteiger charge is -2.06. The van der Waals surface area contributed by atoms with Gasteiger partial charge in [0.2, 0.25) is 0 Å². The topological polar surface area (TPSA) is 50.9 Å². The van der Waals surface area contributed by atoms with E-state index in [1.54, 1.807) is 12.1 Å². The molecule has 4 nitrogen and oxygen atoms in total. The fourth-order valence-corrected chi connectivity index (χ4v) is 2.32. The normalized spacial score (nSPS) is 11.0. The number of aromatic hydroxyl groups is 1. The van der Waals surface area contributed by atoms with Gasteiger partial charge in [-0.3, -0.25) is 0 Å². The second-order valence-electron chi connectivity index (χ2n) is 3.81. The minimum Gasteiger partial charge on any atom is -0.505 e. The van der Waals surface area contributed by atoms with Crippen LogP contribution in [0.25, 0.3) is 16.7 Å². The predicted molar refractivity (Wildman–Crippen MR) is 75.0 cm³/mol. The van der Waals surface area contributed by atoms with Crippen molar-refractivity contribution in [1.82, 2.24) is 15.0 Å². The molecule has 18 heavy (non-hydrogen) atoms. The van der Waals surface area contributed by atoms with E-state index in [9.17, 15) is 5.11 Å². The molecule has 0 saturated heterocycles. The van der Waals surface area contributed by atoms with Gasteiger partial charge in [0.05, 0.1) is 0 Å². The molecular formula is C12H9N3OS2. The summed E-state index contributed by atoms with van der Waals surface area (Å²) < 4.78 is 0. The minimum atomic E-state index is 0.0384. The van der Waals surface area contributed by atoms with E-state index >= 15 is 0 Å². The van der Waals surface area contributed by atoms with Gasteiger partial charge in [0.25, 0.3) is 0 Å². The molecule has 0 bridgehead atoms. The first-order valence-electron chi connectivity index (χ1n) is 5.22. The molecule has 0 radical (unpaired) electrons. The molecule has 1 heterocycles. The third kappa shape index (κ3) is 1.83. The Morgan fingerprint density at radius 2 is 1.61 bits per heavy atom. The summed E-state index contributed by atoms with van der Waals surface area (Å²) in [5.74, 6) is 0.0384. The molecule has 6 heteroatoms. The van der Waals surface area contributed by atoms with Crippen molar-refractivity contribution in [2.24, 2.45) is 0 Å². The molecule has 3 rings (SSSR count). The molecule has 2 aromatic carbocycles. The van der Waals surface area contributed by atoms with Gasteiger partial charge >= 0.3 is 0 Å². The van der Waals surface area contributed by atoms with Gasteiger partial charge in [-0.05, 0) is 24.3 Å². The zero-order chi connectivity index (χ0) is 12.7. The van der Waals surface area contributed by atoms with Crippen LogP contribution in [0, 0.1) is 0 Å². The third-order valence-electron chi connectivity index (χ3n) is 2.56. The van der Waals surface area contributed by atoms with Crippen molar-refractivity contribution in [3.05, 3.63) is 36.4 Å². The zero-order valence-electron chi connectivity index (χ0n) is 9.15. The Balaban J connectivity index is 2.26. The molecule has 0 spiro atoms. The maximum absolute atomic E-state index is 9.99. The van der Waals surface area contributed by atoms with Crippen molar-refractivity contribution < 1.29 is 5.11 Å². The second-order valence-corrected chi connectivity index (χ2v) is 4.81. The first-order chi connectivity index (χ1) is 8.65. The highest BCUT2D eigenvalue weighted by molar-refractivity contribution is 7.81. The fraction of sp³-hybridized carbons (Fsp3) is 0. The molecule has 90 valence electrons. The van der Waals surface area contributed by atoms with Gasteiger partial charge in [-0.15, -0.1) is 40.3 Å². The molecule has 0 aliphatic heterocycles. The maximum Gasteiger partial charge on any atom is 0.156 e. The first kappa shape index (κ1) is 11.4. The summed E-state index contributed by atoms with van der Waals surface area (Å²) in [5, 5.41) is 18.6. The van der Waals surface area contributed by atoms with Gasteiger partial charge in [0.1, 0.15) is 16.7 Å². The molecule has 0 atom stereocenters. The van der Waals surface area contributed by atoms with Crippen molar-refractivity contribution in [3.8, 4) is 11.4 Å². The molecular weight excluding hydrogens is 266 g/mol. The first-order valence-corrected chi connectivity index (χ1v) is 6.12. The molecule has 1 aromatic heterocycles. The van der Waals surface area contributed by atoms with Crippen LogP contribution < -0.4 is 0 Å². The molecule has 0 aliphatic rings. The summed E-state index contributed by atoms with van der Waals surface area (Å²) in [6, 6.07) is 10.9. The Kier molecular flexibility index (Phi) is 2.68. The molecule has 0 unspecified atom stereocenters. The van der Waals surface area contributed by atoms with Crippen molar-refractivity contribution >= 4 is 36.3 Å². The second kappa shape index (κ2) is 4.22. The number of benzene rings is 2. The van der Waals surface area contributed by atoms with Crippen LogP contribution in [0.3, 0.4) is 0 Å². The Hall–Kier alpha value is -1.66. The van der Waals surface area contributed by atoms with Crippen LogP contribution in [0.15, 0.2) is 46.2 Å². The van der Waals surface area contributed by atoms with Gasteiger partial charge in [0, 0.05) is 9.79 Å². The van der Waals surface area contributed by atoms with Gasteiger partial charge in [-0.25, -0.2) is 0 Å². The van der Waals surface area contributed by atoms with Crippen LogP contribution in [-0.4, -0.2) is 20.1 Å². The molecule has 0 amide bonds. The lowest BCUT2D eigenvalue weighted by molar-refractivity contribution is 0.454. The van der Waals surface area contributed by atoms with E-state index in [1.165, 1.54) is 4.80 Å². The number of nitrogens with zero attached hydrogens (tertiary/aromatic N) is 3. The van der Waals surface area contributed by atoms with E-state index in [-0.39, 0.29) is 5.75 Å². The average molecular weight is 275 g/mol. The SMILES string of the molecule is Oc1c(S)cc(S)cc1-n1nc2ccccc2n1. The van der Waals surface area contributed by atoms with Crippen LogP contribution >= 0.6 is 25.3 Å². The predicted octanol–water partition coefficient (Wildman–Crippen LogP) is 2.70. The maximum atomic E-state index is 9.99. The quantitative estimate of drug-likeness (QED) is 0.599. The van der Waals surface area contributed by atoms with Gasteiger partial charge < -0.3 is 5.11 Å². The Labute approximate surface area is 114 Å². The van der Waals surface area contributed by atoms with E-state index in [0.717, 1.165) is 11.0 Å². The Bertz CT molecular complexity index is 706. The highest BCUT2D eigenvalue weighted by atomic mass is 32.1. The standard InChI is InChI=1S/C12H9N3OS2/c16-12-10(5-7(17)6-11(12)18)15-13-8-3-1-2-4-9(8)14-15/h1-6,16-18H. The van der Waals surface area contributed by atoms with Crippen LogP contribution in [0.2, 0.25) is 0 Å². The molecule has 1 N–H and O–H groups in total. The van der Waals surface area contributed by atoms with Crippen LogP contribution in [0.5, 0.6) is 5.75 Å². The lowest BCUT2D eigenvalue weighted by atomic mass is 10.3. The van der Waals surface area contributed by atoms with Crippen LogP contribution in [0.4, 0.5) is 0 Å². The Morgan fingerprint density at radius 3 is 2.22 bits per heavy atom. The van der Waals surface area contributed by atoms with E-state index < -0.39 is 0 Å². The van der Waals surface area contributed by atoms with E-state index in [0.29, 0.717) is 15.5 Å². The van der Waals surface area contributed by atoms with Crippen molar-refractivity contribution in [3.63, 3.8) is 0 Å². The van der Waals surface area contributed by atoms with Crippen molar-refractivity contribution in [2.45, 2.75) is 9.79 Å². The van der Waals surface area contributed by atoms with Crippen LogP contribution in [0.1, 0.15) is 0 Å². The average Bonchev–Trinajstić information content (AvgIpc) is 2.77. The summed E-state index contributed by atoms with van der Waals surface area (Å²) >= 11 is 8.44. The van der Waals surface area contributed by atoms with E-state index in [2.05, 4.69) is 35.5 Å². The van der Waals surface area contributed by atoms with Gasteiger partial charge in [0.15, 0.2) is 5.75 Å². The number of rotatable bonds is 1. The lowest BCUT2D eigenvalue weighted by Crippen LogP contribution is -1.99. The number of phenols is 1. The fourth-order valence-electron chi connectivity index (χ4n) is 1.71. The molecule has 3 aromatic rings. The highest BCUT2D eigenvalue weighted by Gasteiger charge is 2.11. The molecule has 0 aliphatic carbocycles. The third-order valence-corrected chi connectivity index (χ3v) is 3.16. The highest BCUT2D eigenvalue weighted by Crippen LogP contribution is 2.31. The molecule has 0 saturated carbocycles. The number of phenolic OH excluding ortho intramolecular Hbond substituents is 1. The van der Waals surface area contributed by atoms with E-state index in [4.69, 9.17) is 0 Å². The summed E-state index contributed by atoms with van der Waals surface area (Å²) in [7, 11) is 0. The number of fused-ring (bicyclic) bond motifs is 1. The summed E-state index contributed by atoms with van der Waals surface area (Å²) in [6.45, 7) is 0. The van der Waals surface area contributed by atoms with Gasteiger partial charge in [-0.1, -0.05) is 12.1 Å². The number of thiol groups is 2. The summed E-state index contributed by atoms with van der Waals surface area (Å²) in [6.07, 6.45) is 0. The zero-order valence-corrected chi connectivity index (χ0v) is 10.9. The van der Waals surface area contributed by atoms with Crippen molar-refractivity contribution in [1.29, 1.82) is 0 Å².